The van der Waals surface area contributed by atoms with Crippen molar-refractivity contribution < 1.29 is 27.5 Å². The lowest BCUT2D eigenvalue weighted by molar-refractivity contribution is -0.129. The van der Waals surface area contributed by atoms with Crippen LogP contribution in [0.4, 0.5) is 13.2 Å². The van der Waals surface area contributed by atoms with Crippen molar-refractivity contribution in [1.82, 2.24) is 5.32 Å². The van der Waals surface area contributed by atoms with E-state index in [9.17, 15) is 22.8 Å². The summed E-state index contributed by atoms with van der Waals surface area (Å²) in [5.74, 6) is -1.23. The Hall–Kier alpha value is -2.00. The fraction of sp³-hybridized carbons (Fsp3) is 0.250. The van der Waals surface area contributed by atoms with Crippen LogP contribution in [0.3, 0.4) is 0 Å². The number of thioether (sulfide) groups is 1. The molecule has 1 aromatic carbocycles. The molecule has 1 heterocycles. The van der Waals surface area contributed by atoms with Crippen molar-refractivity contribution in [3.8, 4) is 0 Å². The van der Waals surface area contributed by atoms with E-state index >= 15 is 0 Å². The molecule has 1 N–H and O–H groups in total. The highest BCUT2D eigenvalue weighted by molar-refractivity contribution is 8.00. The molecule has 9 heteroatoms. The number of ether oxygens (including phenoxy) is 1. The second-order valence-electron chi connectivity index (χ2n) is 4.92. The van der Waals surface area contributed by atoms with Gasteiger partial charge in [0.15, 0.2) is 6.10 Å². The second-order valence-corrected chi connectivity index (χ2v) is 7.09. The van der Waals surface area contributed by atoms with Gasteiger partial charge in [0.2, 0.25) is 0 Å². The summed E-state index contributed by atoms with van der Waals surface area (Å²) < 4.78 is 41.8. The van der Waals surface area contributed by atoms with E-state index in [1.54, 1.807) is 0 Å². The standard InChI is InChI=1S/C16H14F3NO3S2/c1-10(14(21)20-9-13-3-2-8-24-13)23-15(22)11-4-6-12(7-5-11)25-16(17,18)19/h2-8,10H,9H2,1H3,(H,20,21)/t10-/m0/s1. The van der Waals surface area contributed by atoms with E-state index in [0.29, 0.717) is 6.54 Å². The molecule has 0 aliphatic rings. The number of benzene rings is 1. The van der Waals surface area contributed by atoms with E-state index in [-0.39, 0.29) is 22.2 Å². The lowest BCUT2D eigenvalue weighted by Crippen LogP contribution is -2.35. The molecule has 0 bridgehead atoms. The molecule has 0 aliphatic heterocycles. The van der Waals surface area contributed by atoms with Crippen LogP contribution in [0.15, 0.2) is 46.7 Å². The first-order valence-corrected chi connectivity index (χ1v) is 8.81. The second kappa shape index (κ2) is 8.39. The molecular formula is C16H14F3NO3S2. The third kappa shape index (κ3) is 6.43. The first-order valence-electron chi connectivity index (χ1n) is 7.11. The molecule has 1 amide bonds. The highest BCUT2D eigenvalue weighted by Crippen LogP contribution is 2.36. The van der Waals surface area contributed by atoms with Crippen molar-refractivity contribution in [2.75, 3.05) is 0 Å². The fourth-order valence-electron chi connectivity index (χ4n) is 1.81. The lowest BCUT2D eigenvalue weighted by Gasteiger charge is -2.13. The maximum Gasteiger partial charge on any atom is 0.446 e. The molecule has 134 valence electrons. The zero-order valence-electron chi connectivity index (χ0n) is 13.0. The Morgan fingerprint density at radius 2 is 1.92 bits per heavy atom. The predicted molar refractivity (Wildman–Crippen MR) is 89.4 cm³/mol. The number of carbonyl (C=O) groups is 2. The van der Waals surface area contributed by atoms with Crippen molar-refractivity contribution in [2.45, 2.75) is 30.0 Å². The van der Waals surface area contributed by atoms with Crippen LogP contribution in [0.5, 0.6) is 0 Å². The van der Waals surface area contributed by atoms with Crippen LogP contribution in [-0.2, 0) is 16.1 Å². The van der Waals surface area contributed by atoms with Gasteiger partial charge in [-0.3, -0.25) is 4.79 Å². The topological polar surface area (TPSA) is 55.4 Å². The van der Waals surface area contributed by atoms with Crippen LogP contribution >= 0.6 is 23.1 Å². The van der Waals surface area contributed by atoms with Crippen molar-refractivity contribution in [3.05, 3.63) is 52.2 Å². The molecule has 2 rings (SSSR count). The Bertz CT molecular complexity index is 715. The molecule has 1 atom stereocenters. The molecule has 25 heavy (non-hydrogen) atoms. The van der Waals surface area contributed by atoms with Gasteiger partial charge in [0, 0.05) is 9.77 Å². The normalized spacial score (nSPS) is 12.5. The van der Waals surface area contributed by atoms with Crippen molar-refractivity contribution in [1.29, 1.82) is 0 Å². The van der Waals surface area contributed by atoms with E-state index in [0.717, 1.165) is 4.88 Å². The summed E-state index contributed by atoms with van der Waals surface area (Å²) >= 11 is 1.22. The minimum Gasteiger partial charge on any atom is -0.449 e. The van der Waals surface area contributed by atoms with E-state index in [1.165, 1.54) is 42.5 Å². The number of amides is 1. The van der Waals surface area contributed by atoms with Gasteiger partial charge in [-0.1, -0.05) is 6.07 Å². The number of carbonyl (C=O) groups excluding carboxylic acids is 2. The maximum absolute atomic E-state index is 12.3. The van der Waals surface area contributed by atoms with E-state index < -0.39 is 23.5 Å². The summed E-state index contributed by atoms with van der Waals surface area (Å²) in [7, 11) is 0. The zero-order valence-corrected chi connectivity index (χ0v) is 14.6. The van der Waals surface area contributed by atoms with Gasteiger partial charge in [0.25, 0.3) is 5.91 Å². The molecule has 0 fully saturated rings. The van der Waals surface area contributed by atoms with Gasteiger partial charge >= 0.3 is 11.5 Å². The summed E-state index contributed by atoms with van der Waals surface area (Å²) in [6, 6.07) is 8.53. The number of hydrogen-bond donors (Lipinski definition) is 1. The van der Waals surface area contributed by atoms with E-state index in [2.05, 4.69) is 5.32 Å². The van der Waals surface area contributed by atoms with Crippen LogP contribution in [0, 0.1) is 0 Å². The third-order valence-corrected chi connectivity index (χ3v) is 4.61. The average Bonchev–Trinajstić information content (AvgIpc) is 3.05. The molecule has 0 saturated heterocycles. The molecule has 2 aromatic rings. The lowest BCUT2D eigenvalue weighted by atomic mass is 10.2. The average molecular weight is 389 g/mol. The van der Waals surface area contributed by atoms with Crippen LogP contribution in [0.1, 0.15) is 22.2 Å². The highest BCUT2D eigenvalue weighted by Gasteiger charge is 2.29. The molecule has 0 spiro atoms. The number of thiophene rings is 1. The number of nitrogens with one attached hydrogen (secondary N) is 1. The van der Waals surface area contributed by atoms with Gasteiger partial charge in [-0.05, 0) is 54.4 Å². The first-order chi connectivity index (χ1) is 11.7. The predicted octanol–water partition coefficient (Wildman–Crippen LogP) is 4.22. The number of alkyl halides is 3. The highest BCUT2D eigenvalue weighted by atomic mass is 32.2. The minimum absolute atomic E-state index is 0.0363. The van der Waals surface area contributed by atoms with Gasteiger partial charge in [-0.25, -0.2) is 4.79 Å². The molecule has 0 aliphatic carbocycles. The smallest absolute Gasteiger partial charge is 0.446 e. The maximum atomic E-state index is 12.3. The van der Waals surface area contributed by atoms with Crippen LogP contribution in [0.25, 0.3) is 0 Å². The van der Waals surface area contributed by atoms with Gasteiger partial charge in [0.1, 0.15) is 0 Å². The molecule has 4 nitrogen and oxygen atoms in total. The SMILES string of the molecule is C[C@H](OC(=O)c1ccc(SC(F)(F)F)cc1)C(=O)NCc1cccs1. The quantitative estimate of drug-likeness (QED) is 0.594. The monoisotopic (exact) mass is 389 g/mol. The molecule has 0 saturated carbocycles. The Morgan fingerprint density at radius 1 is 1.24 bits per heavy atom. The number of esters is 1. The number of hydrogen-bond acceptors (Lipinski definition) is 5. The van der Waals surface area contributed by atoms with Crippen molar-refractivity contribution in [3.63, 3.8) is 0 Å². The van der Waals surface area contributed by atoms with Crippen molar-refractivity contribution >= 4 is 35.0 Å². The van der Waals surface area contributed by atoms with Crippen LogP contribution in [-0.4, -0.2) is 23.5 Å². The van der Waals surface area contributed by atoms with Gasteiger partial charge in [0.05, 0.1) is 12.1 Å². The Kier molecular flexibility index (Phi) is 6.49. The van der Waals surface area contributed by atoms with Crippen LogP contribution < -0.4 is 5.32 Å². The minimum atomic E-state index is -4.39. The van der Waals surface area contributed by atoms with Gasteiger partial charge in [-0.2, -0.15) is 13.2 Å². The summed E-state index contributed by atoms with van der Waals surface area (Å²) in [5, 5.41) is 4.52. The number of rotatable bonds is 6. The summed E-state index contributed by atoms with van der Waals surface area (Å²) in [4.78, 5) is 24.8. The number of halogens is 3. The summed E-state index contributed by atoms with van der Waals surface area (Å²) in [6.07, 6.45) is -1.02. The summed E-state index contributed by atoms with van der Waals surface area (Å²) in [5.41, 5.74) is -4.32. The van der Waals surface area contributed by atoms with Gasteiger partial charge < -0.3 is 10.1 Å². The largest absolute Gasteiger partial charge is 0.449 e. The van der Waals surface area contributed by atoms with Crippen LogP contribution in [0.2, 0.25) is 0 Å². The summed E-state index contributed by atoms with van der Waals surface area (Å²) in [6.45, 7) is 1.76. The Morgan fingerprint density at radius 3 is 2.48 bits per heavy atom. The first kappa shape index (κ1) is 19.3. The Balaban J connectivity index is 1.86. The molecule has 0 unspecified atom stereocenters. The molecule has 1 aromatic heterocycles. The molecular weight excluding hydrogens is 375 g/mol. The van der Waals surface area contributed by atoms with Crippen molar-refractivity contribution in [2.24, 2.45) is 0 Å². The van der Waals surface area contributed by atoms with E-state index in [4.69, 9.17) is 4.74 Å². The van der Waals surface area contributed by atoms with Gasteiger partial charge in [-0.15, -0.1) is 11.3 Å². The fourth-order valence-corrected chi connectivity index (χ4v) is 2.99. The Labute approximate surface area is 150 Å². The third-order valence-electron chi connectivity index (χ3n) is 2.99. The zero-order chi connectivity index (χ0) is 18.4. The van der Waals surface area contributed by atoms with E-state index in [1.807, 2.05) is 17.5 Å². The molecule has 0 radical (unpaired) electrons.